The van der Waals surface area contributed by atoms with Crippen LogP contribution in [0.4, 0.5) is 5.69 Å². The van der Waals surface area contributed by atoms with Gasteiger partial charge in [0.15, 0.2) is 0 Å². The van der Waals surface area contributed by atoms with Crippen LogP contribution in [0.5, 0.6) is 0 Å². The number of aromatic nitrogens is 3. The highest BCUT2D eigenvalue weighted by molar-refractivity contribution is 6.20. The summed E-state index contributed by atoms with van der Waals surface area (Å²) in [6.45, 7) is 3.76. The quantitative estimate of drug-likeness (QED) is 0.490. The van der Waals surface area contributed by atoms with Crippen LogP contribution in [-0.2, 0) is 0 Å². The molecule has 0 fully saturated rings. The first-order chi connectivity index (χ1) is 9.02. The fourth-order valence-electron chi connectivity index (χ4n) is 1.76. The van der Waals surface area contributed by atoms with Crippen molar-refractivity contribution in [2.75, 3.05) is 0 Å². The van der Waals surface area contributed by atoms with Gasteiger partial charge in [-0.1, -0.05) is 12.1 Å². The average Bonchev–Trinajstić information content (AvgIpc) is 2.87. The molecule has 0 N–H and O–H groups in total. The van der Waals surface area contributed by atoms with E-state index in [1.807, 2.05) is 6.92 Å². The van der Waals surface area contributed by atoms with E-state index in [0.29, 0.717) is 5.69 Å². The van der Waals surface area contributed by atoms with E-state index in [4.69, 9.17) is 11.6 Å². The van der Waals surface area contributed by atoms with Gasteiger partial charge in [0.1, 0.15) is 5.69 Å². The molecular weight excluding hydrogens is 268 g/mol. The van der Waals surface area contributed by atoms with Gasteiger partial charge in [0, 0.05) is 12.1 Å². The maximum absolute atomic E-state index is 10.7. The summed E-state index contributed by atoms with van der Waals surface area (Å²) in [4.78, 5) is 10.3. The van der Waals surface area contributed by atoms with Crippen molar-refractivity contribution in [2.24, 2.45) is 0 Å². The molecular formula is C12H13ClN4O2. The molecule has 0 amide bonds. The molecule has 1 atom stereocenters. The van der Waals surface area contributed by atoms with Crippen LogP contribution in [0.1, 0.15) is 30.0 Å². The number of benzene rings is 1. The minimum Gasteiger partial charge on any atom is -0.258 e. The van der Waals surface area contributed by atoms with Crippen molar-refractivity contribution in [3.8, 4) is 5.69 Å². The Balaban J connectivity index is 2.37. The maximum Gasteiger partial charge on any atom is 0.269 e. The summed E-state index contributed by atoms with van der Waals surface area (Å²) in [7, 11) is 0. The molecule has 0 saturated carbocycles. The van der Waals surface area contributed by atoms with Crippen LogP contribution in [0.2, 0.25) is 0 Å². The monoisotopic (exact) mass is 280 g/mol. The second kappa shape index (κ2) is 5.36. The van der Waals surface area contributed by atoms with Crippen LogP contribution in [0.25, 0.3) is 5.69 Å². The van der Waals surface area contributed by atoms with Gasteiger partial charge in [-0.3, -0.25) is 10.1 Å². The molecule has 0 spiro atoms. The lowest BCUT2D eigenvalue weighted by atomic mass is 10.2. The summed E-state index contributed by atoms with van der Waals surface area (Å²) in [5.74, 6) is 0. The van der Waals surface area contributed by atoms with E-state index in [2.05, 4.69) is 10.3 Å². The molecule has 0 aliphatic rings. The van der Waals surface area contributed by atoms with Gasteiger partial charge in [-0.15, -0.1) is 16.7 Å². The molecule has 2 aromatic rings. The normalized spacial score (nSPS) is 12.4. The molecule has 2 rings (SSSR count). The third kappa shape index (κ3) is 2.73. The molecule has 0 aliphatic carbocycles. The Hall–Kier alpha value is -1.95. The van der Waals surface area contributed by atoms with E-state index in [0.717, 1.165) is 17.7 Å². The first-order valence-corrected chi connectivity index (χ1v) is 6.28. The summed E-state index contributed by atoms with van der Waals surface area (Å²) in [5.41, 5.74) is 2.27. The number of hydrogen-bond acceptors (Lipinski definition) is 4. The van der Waals surface area contributed by atoms with Gasteiger partial charge in [0.25, 0.3) is 5.69 Å². The van der Waals surface area contributed by atoms with Crippen molar-refractivity contribution in [3.63, 3.8) is 0 Å². The van der Waals surface area contributed by atoms with Crippen molar-refractivity contribution >= 4 is 17.3 Å². The SMILES string of the molecule is CCC(Cl)c1cn(-c2ccc([N+](=O)[O-])cc2C)nn1. The Kier molecular flexibility index (Phi) is 3.80. The molecule has 7 heteroatoms. The largest absolute Gasteiger partial charge is 0.269 e. The molecule has 0 radical (unpaired) electrons. The lowest BCUT2D eigenvalue weighted by molar-refractivity contribution is -0.384. The van der Waals surface area contributed by atoms with Crippen LogP contribution in [0.3, 0.4) is 0 Å². The highest BCUT2D eigenvalue weighted by Gasteiger charge is 2.13. The predicted molar refractivity (Wildman–Crippen MR) is 71.6 cm³/mol. The fraction of sp³-hybridized carbons (Fsp3) is 0.333. The topological polar surface area (TPSA) is 73.8 Å². The van der Waals surface area contributed by atoms with Crippen molar-refractivity contribution in [3.05, 3.63) is 45.8 Å². The van der Waals surface area contributed by atoms with Crippen LogP contribution in [-0.4, -0.2) is 19.9 Å². The highest BCUT2D eigenvalue weighted by atomic mass is 35.5. The van der Waals surface area contributed by atoms with Gasteiger partial charge in [0.05, 0.1) is 22.2 Å². The zero-order valence-corrected chi connectivity index (χ0v) is 11.3. The smallest absolute Gasteiger partial charge is 0.258 e. The van der Waals surface area contributed by atoms with Gasteiger partial charge in [0.2, 0.25) is 0 Å². The number of rotatable bonds is 4. The van der Waals surface area contributed by atoms with Crippen molar-refractivity contribution in [2.45, 2.75) is 25.6 Å². The lowest BCUT2D eigenvalue weighted by Crippen LogP contribution is -1.99. The number of non-ortho nitro benzene ring substituents is 1. The zero-order chi connectivity index (χ0) is 14.0. The minimum atomic E-state index is -0.421. The first-order valence-electron chi connectivity index (χ1n) is 5.84. The third-order valence-corrected chi connectivity index (χ3v) is 3.36. The van der Waals surface area contributed by atoms with Crippen molar-refractivity contribution in [1.29, 1.82) is 0 Å². The summed E-state index contributed by atoms with van der Waals surface area (Å²) in [6.07, 6.45) is 2.51. The molecule has 19 heavy (non-hydrogen) atoms. The fourth-order valence-corrected chi connectivity index (χ4v) is 1.86. The summed E-state index contributed by atoms with van der Waals surface area (Å²) < 4.78 is 1.58. The molecule has 1 aromatic heterocycles. The number of aryl methyl sites for hydroxylation is 1. The van der Waals surface area contributed by atoms with E-state index < -0.39 is 4.92 Å². The minimum absolute atomic E-state index is 0.0605. The number of nitrogens with zero attached hydrogens (tertiary/aromatic N) is 4. The molecule has 100 valence electrons. The van der Waals surface area contributed by atoms with Gasteiger partial charge >= 0.3 is 0 Å². The Labute approximate surface area is 115 Å². The molecule has 0 aliphatic heterocycles. The van der Waals surface area contributed by atoms with Gasteiger partial charge in [-0.2, -0.15) is 0 Å². The maximum atomic E-state index is 10.7. The van der Waals surface area contributed by atoms with E-state index in [9.17, 15) is 10.1 Å². The van der Waals surface area contributed by atoms with Crippen LogP contribution >= 0.6 is 11.6 Å². The second-order valence-corrected chi connectivity index (χ2v) is 4.72. The Morgan fingerprint density at radius 2 is 2.26 bits per heavy atom. The van der Waals surface area contributed by atoms with E-state index in [1.165, 1.54) is 12.1 Å². The Bertz CT molecular complexity index is 612. The number of alkyl halides is 1. The molecule has 1 heterocycles. The van der Waals surface area contributed by atoms with Crippen LogP contribution < -0.4 is 0 Å². The molecule has 0 saturated heterocycles. The number of nitro benzene ring substituents is 1. The highest BCUT2D eigenvalue weighted by Crippen LogP contribution is 2.24. The van der Waals surface area contributed by atoms with E-state index >= 15 is 0 Å². The zero-order valence-electron chi connectivity index (χ0n) is 10.6. The summed E-state index contributed by atoms with van der Waals surface area (Å²) in [5, 5.41) is 18.5. The molecule has 0 bridgehead atoms. The third-order valence-electron chi connectivity index (χ3n) is 2.83. The van der Waals surface area contributed by atoms with Crippen LogP contribution in [0, 0.1) is 17.0 Å². The van der Waals surface area contributed by atoms with Gasteiger partial charge in [-0.05, 0) is 25.0 Å². The molecule has 1 aromatic carbocycles. The Morgan fingerprint density at radius 1 is 1.53 bits per heavy atom. The first kappa shape index (κ1) is 13.5. The molecule has 1 unspecified atom stereocenters. The van der Waals surface area contributed by atoms with E-state index in [1.54, 1.807) is 23.9 Å². The van der Waals surface area contributed by atoms with E-state index in [-0.39, 0.29) is 11.1 Å². The number of hydrogen-bond donors (Lipinski definition) is 0. The van der Waals surface area contributed by atoms with Crippen LogP contribution in [0.15, 0.2) is 24.4 Å². The standard InChI is InChI=1S/C12H13ClN4O2/c1-3-10(13)11-7-16(15-14-11)12-5-4-9(17(18)19)6-8(12)2/h4-7,10H,3H2,1-2H3. The number of nitro groups is 1. The number of halogens is 1. The second-order valence-electron chi connectivity index (χ2n) is 4.19. The van der Waals surface area contributed by atoms with Crippen molar-refractivity contribution < 1.29 is 4.92 Å². The summed E-state index contributed by atoms with van der Waals surface area (Å²) in [6, 6.07) is 4.61. The average molecular weight is 281 g/mol. The van der Waals surface area contributed by atoms with Gasteiger partial charge in [-0.25, -0.2) is 4.68 Å². The Morgan fingerprint density at radius 3 is 2.84 bits per heavy atom. The van der Waals surface area contributed by atoms with Crippen molar-refractivity contribution in [1.82, 2.24) is 15.0 Å². The van der Waals surface area contributed by atoms with Gasteiger partial charge < -0.3 is 0 Å². The molecule has 6 nitrogen and oxygen atoms in total. The predicted octanol–water partition coefficient (Wildman–Crippen LogP) is 3.17. The lowest BCUT2D eigenvalue weighted by Gasteiger charge is -2.04. The summed E-state index contributed by atoms with van der Waals surface area (Å²) >= 11 is 6.09.